The summed E-state index contributed by atoms with van der Waals surface area (Å²) in [6.45, 7) is 0.559. The van der Waals surface area contributed by atoms with Crippen LogP contribution in [0.4, 0.5) is 10.1 Å². The van der Waals surface area contributed by atoms with Crippen molar-refractivity contribution in [2.75, 3.05) is 6.26 Å². The molecule has 0 heterocycles. The van der Waals surface area contributed by atoms with Crippen LogP contribution in [0.25, 0.3) is 0 Å². The summed E-state index contributed by atoms with van der Waals surface area (Å²) in [5.41, 5.74) is 0.286. The molecule has 1 aliphatic rings. The van der Waals surface area contributed by atoms with Crippen LogP contribution in [-0.2, 0) is 6.54 Å². The van der Waals surface area contributed by atoms with Crippen molar-refractivity contribution >= 4 is 17.4 Å². The molecule has 0 bridgehead atoms. The lowest BCUT2D eigenvalue weighted by Crippen LogP contribution is -2.33. The van der Waals surface area contributed by atoms with E-state index in [4.69, 9.17) is 0 Å². The average Bonchev–Trinajstić information content (AvgIpc) is 2.45. The van der Waals surface area contributed by atoms with Gasteiger partial charge in [-0.1, -0.05) is 6.07 Å². The maximum absolute atomic E-state index is 13.5. The highest BCUT2D eigenvalue weighted by atomic mass is 32.2. The highest BCUT2D eigenvalue weighted by Gasteiger charge is 2.20. The second-order valence-corrected chi connectivity index (χ2v) is 6.27. The normalized spacial score (nSPS) is 22.7. The van der Waals surface area contributed by atoms with Gasteiger partial charge in [0.15, 0.2) is 0 Å². The average molecular weight is 298 g/mol. The van der Waals surface area contributed by atoms with Crippen LogP contribution in [0.2, 0.25) is 0 Å². The Morgan fingerprint density at radius 3 is 2.65 bits per heavy atom. The van der Waals surface area contributed by atoms with Gasteiger partial charge in [0.25, 0.3) is 0 Å². The predicted octanol–water partition coefficient (Wildman–Crippen LogP) is 3.50. The van der Waals surface area contributed by atoms with Crippen LogP contribution in [0, 0.1) is 15.9 Å². The molecular weight excluding hydrogens is 279 g/mol. The lowest BCUT2D eigenvalue weighted by molar-refractivity contribution is -0.387. The second-order valence-electron chi connectivity index (χ2n) is 5.13. The number of rotatable bonds is 5. The van der Waals surface area contributed by atoms with E-state index in [0.29, 0.717) is 12.6 Å². The fraction of sp³-hybridized carbons (Fsp3) is 0.571. The van der Waals surface area contributed by atoms with E-state index in [0.717, 1.165) is 23.7 Å². The van der Waals surface area contributed by atoms with E-state index in [-0.39, 0.29) is 0 Å². The number of hydrogen-bond acceptors (Lipinski definition) is 4. The maximum Gasteiger partial charge on any atom is 0.304 e. The molecule has 0 aromatic heterocycles. The summed E-state index contributed by atoms with van der Waals surface area (Å²) in [6.07, 6.45) is 6.86. The van der Waals surface area contributed by atoms with Gasteiger partial charge in [-0.05, 0) is 43.6 Å². The monoisotopic (exact) mass is 298 g/mol. The van der Waals surface area contributed by atoms with Crippen LogP contribution in [0.1, 0.15) is 31.2 Å². The van der Waals surface area contributed by atoms with E-state index in [9.17, 15) is 14.5 Å². The van der Waals surface area contributed by atoms with Gasteiger partial charge in [0.1, 0.15) is 0 Å². The molecule has 0 radical (unpaired) electrons. The lowest BCUT2D eigenvalue weighted by atomic mass is 9.95. The highest BCUT2D eigenvalue weighted by molar-refractivity contribution is 7.99. The fourth-order valence-corrected chi connectivity index (χ4v) is 3.32. The lowest BCUT2D eigenvalue weighted by Gasteiger charge is -2.28. The van der Waals surface area contributed by atoms with Gasteiger partial charge in [-0.15, -0.1) is 0 Å². The number of hydrogen-bond donors (Lipinski definition) is 1. The first kappa shape index (κ1) is 15.3. The van der Waals surface area contributed by atoms with Crippen LogP contribution < -0.4 is 5.32 Å². The summed E-state index contributed by atoms with van der Waals surface area (Å²) < 4.78 is 13.5. The highest BCUT2D eigenvalue weighted by Crippen LogP contribution is 2.27. The van der Waals surface area contributed by atoms with Gasteiger partial charge in [0.05, 0.1) is 4.92 Å². The minimum Gasteiger partial charge on any atom is -0.310 e. The number of nitrogens with zero attached hydrogens (tertiary/aromatic N) is 1. The largest absolute Gasteiger partial charge is 0.310 e. The molecule has 0 atom stereocenters. The number of nitro groups is 1. The van der Waals surface area contributed by atoms with Crippen molar-refractivity contribution in [3.05, 3.63) is 39.7 Å². The Kier molecular flexibility index (Phi) is 5.37. The van der Waals surface area contributed by atoms with Crippen molar-refractivity contribution < 1.29 is 9.31 Å². The van der Waals surface area contributed by atoms with Crippen LogP contribution in [0.5, 0.6) is 0 Å². The zero-order valence-corrected chi connectivity index (χ0v) is 12.3. The van der Waals surface area contributed by atoms with Crippen molar-refractivity contribution in [2.45, 2.75) is 43.5 Å². The Morgan fingerprint density at radius 1 is 1.40 bits per heavy atom. The molecule has 0 unspecified atom stereocenters. The summed E-state index contributed by atoms with van der Waals surface area (Å²) in [5.74, 6) is -0.764. The fourth-order valence-electron chi connectivity index (χ4n) is 2.57. The summed E-state index contributed by atoms with van der Waals surface area (Å²) in [6, 6.07) is 4.56. The number of benzene rings is 1. The Bertz CT molecular complexity index is 476. The molecule has 1 aromatic carbocycles. The summed E-state index contributed by atoms with van der Waals surface area (Å²) in [5, 5.41) is 14.7. The van der Waals surface area contributed by atoms with Gasteiger partial charge >= 0.3 is 5.69 Å². The van der Waals surface area contributed by atoms with E-state index in [1.54, 1.807) is 6.07 Å². The molecule has 0 amide bonds. The van der Waals surface area contributed by atoms with Gasteiger partial charge in [-0.25, -0.2) is 0 Å². The number of nitrogens with one attached hydrogen (secondary N) is 1. The number of halogens is 1. The second kappa shape index (κ2) is 7.04. The third-order valence-electron chi connectivity index (χ3n) is 3.81. The van der Waals surface area contributed by atoms with Crippen LogP contribution >= 0.6 is 11.8 Å². The Labute approximate surface area is 122 Å². The van der Waals surface area contributed by atoms with Crippen LogP contribution in [-0.4, -0.2) is 22.5 Å². The van der Waals surface area contributed by atoms with E-state index in [1.165, 1.54) is 25.0 Å². The van der Waals surface area contributed by atoms with Gasteiger partial charge in [0.2, 0.25) is 5.82 Å². The molecule has 0 saturated heterocycles. The van der Waals surface area contributed by atoms with E-state index in [1.807, 2.05) is 11.8 Å². The standard InChI is InChI=1S/C14H19FN2O2S/c1-20-12-5-3-11(4-6-12)16-9-10-2-7-14(17(18)19)13(15)8-10/h2,7-8,11-12,16H,3-6,9H2,1H3. The third kappa shape index (κ3) is 3.93. The van der Waals surface area contributed by atoms with Crippen molar-refractivity contribution in [3.63, 3.8) is 0 Å². The zero-order valence-electron chi connectivity index (χ0n) is 11.5. The smallest absolute Gasteiger partial charge is 0.304 e. The Balaban J connectivity index is 1.85. The SMILES string of the molecule is CSC1CCC(NCc2ccc([N+](=O)[O-])c(F)c2)CC1. The zero-order chi connectivity index (χ0) is 14.5. The molecule has 110 valence electrons. The quantitative estimate of drug-likeness (QED) is 0.668. The van der Waals surface area contributed by atoms with Crippen molar-refractivity contribution in [1.82, 2.24) is 5.32 Å². The maximum atomic E-state index is 13.5. The van der Waals surface area contributed by atoms with Crippen molar-refractivity contribution in [2.24, 2.45) is 0 Å². The summed E-state index contributed by atoms with van der Waals surface area (Å²) in [7, 11) is 0. The van der Waals surface area contributed by atoms with E-state index < -0.39 is 16.4 Å². The predicted molar refractivity (Wildman–Crippen MR) is 79.5 cm³/mol. The summed E-state index contributed by atoms with van der Waals surface area (Å²) >= 11 is 1.93. The van der Waals surface area contributed by atoms with Crippen LogP contribution in [0.3, 0.4) is 0 Å². The Morgan fingerprint density at radius 2 is 2.10 bits per heavy atom. The topological polar surface area (TPSA) is 55.2 Å². The number of thioether (sulfide) groups is 1. The van der Waals surface area contributed by atoms with E-state index >= 15 is 0 Å². The first-order valence-corrected chi connectivity index (χ1v) is 8.08. The molecule has 4 nitrogen and oxygen atoms in total. The molecule has 1 aliphatic carbocycles. The molecule has 1 saturated carbocycles. The van der Waals surface area contributed by atoms with Crippen LogP contribution in [0.15, 0.2) is 18.2 Å². The molecule has 20 heavy (non-hydrogen) atoms. The van der Waals surface area contributed by atoms with Gasteiger partial charge in [0, 0.05) is 23.9 Å². The molecule has 1 aromatic rings. The first-order chi connectivity index (χ1) is 9.60. The minimum atomic E-state index is -0.764. The summed E-state index contributed by atoms with van der Waals surface area (Å²) in [4.78, 5) is 9.85. The molecule has 1 N–H and O–H groups in total. The first-order valence-electron chi connectivity index (χ1n) is 6.79. The number of nitro benzene ring substituents is 1. The molecule has 6 heteroatoms. The van der Waals surface area contributed by atoms with Gasteiger partial charge in [-0.2, -0.15) is 16.2 Å². The molecule has 0 aliphatic heterocycles. The van der Waals surface area contributed by atoms with Crippen molar-refractivity contribution in [3.8, 4) is 0 Å². The van der Waals surface area contributed by atoms with E-state index in [2.05, 4.69) is 11.6 Å². The Hall–Kier alpha value is -1.14. The van der Waals surface area contributed by atoms with Gasteiger partial charge < -0.3 is 5.32 Å². The minimum absolute atomic E-state index is 0.464. The van der Waals surface area contributed by atoms with Crippen molar-refractivity contribution in [1.29, 1.82) is 0 Å². The molecular formula is C14H19FN2O2S. The molecule has 1 fully saturated rings. The third-order valence-corrected chi connectivity index (χ3v) is 4.95. The molecule has 2 rings (SSSR count). The van der Waals surface area contributed by atoms with Gasteiger partial charge in [-0.3, -0.25) is 10.1 Å². The molecule has 0 spiro atoms.